The molecule has 2 aromatic rings. The van der Waals surface area contributed by atoms with Crippen molar-refractivity contribution in [2.24, 2.45) is 0 Å². The molecule has 0 amide bonds. The van der Waals surface area contributed by atoms with Crippen LogP contribution in [0.4, 0.5) is 0 Å². The minimum Gasteiger partial charge on any atom is -0.372 e. The van der Waals surface area contributed by atoms with E-state index in [1.807, 2.05) is 47.3 Å². The molecule has 5 heteroatoms. The van der Waals surface area contributed by atoms with E-state index in [2.05, 4.69) is 17.3 Å². The maximum absolute atomic E-state index is 5.79. The first-order chi connectivity index (χ1) is 10.3. The third-order valence-electron chi connectivity index (χ3n) is 3.45. The number of hydrogen-bond acceptors (Lipinski definition) is 4. The van der Waals surface area contributed by atoms with E-state index in [-0.39, 0.29) is 12.2 Å². The Hall–Kier alpha value is -1.69. The van der Waals surface area contributed by atoms with Gasteiger partial charge < -0.3 is 14.8 Å². The van der Waals surface area contributed by atoms with Crippen LogP contribution in [0.5, 0.6) is 0 Å². The second-order valence-electron chi connectivity index (χ2n) is 5.33. The quantitative estimate of drug-likeness (QED) is 0.910. The van der Waals surface area contributed by atoms with Crippen LogP contribution in [0.1, 0.15) is 12.6 Å². The number of benzene rings is 1. The summed E-state index contributed by atoms with van der Waals surface area (Å²) in [5.74, 6) is 0. The highest BCUT2D eigenvalue weighted by molar-refractivity contribution is 5.30. The predicted octanol–water partition coefficient (Wildman–Crippen LogP) is 1.77. The molecular formula is C16H21N3O2. The number of rotatable bonds is 5. The fourth-order valence-corrected chi connectivity index (χ4v) is 2.43. The van der Waals surface area contributed by atoms with Crippen LogP contribution in [0.2, 0.25) is 0 Å². The Bertz CT molecular complexity index is 556. The number of aromatic nitrogens is 2. The van der Waals surface area contributed by atoms with Crippen LogP contribution >= 0.6 is 0 Å². The molecule has 2 unspecified atom stereocenters. The number of nitrogens with one attached hydrogen (secondary N) is 1. The maximum Gasteiger partial charge on any atom is 0.0936 e. The van der Waals surface area contributed by atoms with Crippen molar-refractivity contribution in [2.75, 3.05) is 19.7 Å². The molecule has 1 N–H and O–H groups in total. The molecule has 0 spiro atoms. The molecule has 1 fully saturated rings. The molecule has 1 saturated heterocycles. The Kier molecular flexibility index (Phi) is 4.65. The molecular weight excluding hydrogens is 266 g/mol. The van der Waals surface area contributed by atoms with Crippen molar-refractivity contribution in [1.82, 2.24) is 15.1 Å². The average molecular weight is 287 g/mol. The highest BCUT2D eigenvalue weighted by atomic mass is 16.5. The van der Waals surface area contributed by atoms with Gasteiger partial charge in [-0.2, -0.15) is 5.10 Å². The van der Waals surface area contributed by atoms with Crippen LogP contribution in [-0.2, 0) is 16.1 Å². The molecule has 1 aliphatic rings. The average Bonchev–Trinajstić information content (AvgIpc) is 2.97. The number of morpholine rings is 1. The topological polar surface area (TPSA) is 48.3 Å². The molecule has 3 rings (SSSR count). The van der Waals surface area contributed by atoms with Crippen molar-refractivity contribution in [2.45, 2.75) is 25.7 Å². The highest BCUT2D eigenvalue weighted by Gasteiger charge is 2.18. The zero-order valence-corrected chi connectivity index (χ0v) is 12.2. The summed E-state index contributed by atoms with van der Waals surface area (Å²) in [6.07, 6.45) is 2.34. The molecule has 1 aromatic carbocycles. The molecule has 0 bridgehead atoms. The summed E-state index contributed by atoms with van der Waals surface area (Å²) in [6, 6.07) is 12.0. The Labute approximate surface area is 124 Å². The fraction of sp³-hybridized carbons (Fsp3) is 0.438. The number of hydrogen-bond donors (Lipinski definition) is 1. The smallest absolute Gasteiger partial charge is 0.0936 e. The maximum atomic E-state index is 5.79. The molecule has 112 valence electrons. The third kappa shape index (κ3) is 3.91. The van der Waals surface area contributed by atoms with Crippen LogP contribution < -0.4 is 5.32 Å². The van der Waals surface area contributed by atoms with Gasteiger partial charge in [-0.3, -0.25) is 0 Å². The van der Waals surface area contributed by atoms with E-state index in [1.165, 1.54) is 0 Å². The minimum absolute atomic E-state index is 0.130. The molecule has 2 atom stereocenters. The van der Waals surface area contributed by atoms with Crippen LogP contribution in [0.3, 0.4) is 0 Å². The van der Waals surface area contributed by atoms with E-state index < -0.39 is 0 Å². The molecule has 2 heterocycles. The Morgan fingerprint density at radius 3 is 2.95 bits per heavy atom. The summed E-state index contributed by atoms with van der Waals surface area (Å²) in [7, 11) is 0. The number of para-hydroxylation sites is 1. The fourth-order valence-electron chi connectivity index (χ4n) is 2.43. The third-order valence-corrected chi connectivity index (χ3v) is 3.45. The van der Waals surface area contributed by atoms with E-state index in [1.54, 1.807) is 0 Å². The van der Waals surface area contributed by atoms with Crippen molar-refractivity contribution < 1.29 is 9.47 Å². The second-order valence-corrected chi connectivity index (χ2v) is 5.33. The monoisotopic (exact) mass is 287 g/mol. The van der Waals surface area contributed by atoms with Crippen molar-refractivity contribution in [3.63, 3.8) is 0 Å². The van der Waals surface area contributed by atoms with E-state index in [0.29, 0.717) is 13.2 Å². The van der Waals surface area contributed by atoms with Gasteiger partial charge in [0.2, 0.25) is 0 Å². The summed E-state index contributed by atoms with van der Waals surface area (Å²) < 4.78 is 13.4. The summed E-state index contributed by atoms with van der Waals surface area (Å²) in [6.45, 7) is 4.94. The molecule has 5 nitrogen and oxygen atoms in total. The van der Waals surface area contributed by atoms with Gasteiger partial charge in [-0.25, -0.2) is 4.68 Å². The second kappa shape index (κ2) is 6.85. The lowest BCUT2D eigenvalue weighted by Crippen LogP contribution is -2.45. The lowest BCUT2D eigenvalue weighted by atomic mass is 10.2. The SMILES string of the molecule is CC1CNCC(COCc2ccn(-c3ccccc3)n2)O1. The lowest BCUT2D eigenvalue weighted by molar-refractivity contribution is -0.0720. The number of ether oxygens (including phenoxy) is 2. The zero-order valence-electron chi connectivity index (χ0n) is 12.2. The van der Waals surface area contributed by atoms with Crippen LogP contribution in [0, 0.1) is 0 Å². The van der Waals surface area contributed by atoms with Crippen molar-refractivity contribution in [3.05, 3.63) is 48.3 Å². The van der Waals surface area contributed by atoms with Gasteiger partial charge in [-0.05, 0) is 25.1 Å². The molecule has 0 aliphatic carbocycles. The molecule has 1 aliphatic heterocycles. The van der Waals surface area contributed by atoms with E-state index in [4.69, 9.17) is 9.47 Å². The van der Waals surface area contributed by atoms with Gasteiger partial charge in [-0.15, -0.1) is 0 Å². The van der Waals surface area contributed by atoms with E-state index in [9.17, 15) is 0 Å². The van der Waals surface area contributed by atoms with Crippen molar-refractivity contribution in [1.29, 1.82) is 0 Å². The van der Waals surface area contributed by atoms with E-state index in [0.717, 1.165) is 24.5 Å². The Balaban J connectivity index is 1.49. The first-order valence-electron chi connectivity index (χ1n) is 7.35. The van der Waals surface area contributed by atoms with Crippen LogP contribution in [0.15, 0.2) is 42.6 Å². The van der Waals surface area contributed by atoms with Gasteiger partial charge >= 0.3 is 0 Å². The van der Waals surface area contributed by atoms with Crippen LogP contribution in [0.25, 0.3) is 5.69 Å². The standard InChI is InChI=1S/C16H21N3O2/c1-13-9-17-10-16(21-13)12-20-11-14-7-8-19(18-14)15-5-3-2-4-6-15/h2-8,13,16-17H,9-12H2,1H3. The molecule has 21 heavy (non-hydrogen) atoms. The van der Waals surface area contributed by atoms with Gasteiger partial charge in [0.25, 0.3) is 0 Å². The summed E-state index contributed by atoms with van der Waals surface area (Å²) in [5.41, 5.74) is 1.98. The Morgan fingerprint density at radius 1 is 1.29 bits per heavy atom. The predicted molar refractivity (Wildman–Crippen MR) is 80.4 cm³/mol. The molecule has 0 saturated carbocycles. The lowest BCUT2D eigenvalue weighted by Gasteiger charge is -2.28. The summed E-state index contributed by atoms with van der Waals surface area (Å²) in [4.78, 5) is 0. The summed E-state index contributed by atoms with van der Waals surface area (Å²) >= 11 is 0. The van der Waals surface area contributed by atoms with Gasteiger partial charge in [0.15, 0.2) is 0 Å². The minimum atomic E-state index is 0.130. The largest absolute Gasteiger partial charge is 0.372 e. The number of nitrogens with zero attached hydrogens (tertiary/aromatic N) is 2. The summed E-state index contributed by atoms with van der Waals surface area (Å²) in [5, 5.41) is 7.85. The van der Waals surface area contributed by atoms with Crippen LogP contribution in [-0.4, -0.2) is 41.7 Å². The molecule has 0 radical (unpaired) electrons. The highest BCUT2D eigenvalue weighted by Crippen LogP contribution is 2.09. The zero-order chi connectivity index (χ0) is 14.5. The van der Waals surface area contributed by atoms with Crippen molar-refractivity contribution >= 4 is 0 Å². The normalized spacial score (nSPS) is 22.3. The Morgan fingerprint density at radius 2 is 2.14 bits per heavy atom. The van der Waals surface area contributed by atoms with Crippen molar-refractivity contribution in [3.8, 4) is 5.69 Å². The first-order valence-corrected chi connectivity index (χ1v) is 7.35. The van der Waals surface area contributed by atoms with E-state index >= 15 is 0 Å². The molecule has 1 aromatic heterocycles. The first kappa shape index (κ1) is 14.3. The van der Waals surface area contributed by atoms with Gasteiger partial charge in [0.1, 0.15) is 0 Å². The van der Waals surface area contributed by atoms with Gasteiger partial charge in [0.05, 0.1) is 36.8 Å². The van der Waals surface area contributed by atoms with Gasteiger partial charge in [0, 0.05) is 19.3 Å². The van der Waals surface area contributed by atoms with Gasteiger partial charge in [-0.1, -0.05) is 18.2 Å².